The quantitative estimate of drug-likeness (QED) is 0.638. The Kier molecular flexibility index (Phi) is 7.10. The number of carbonyl (C=O) groups excluding carboxylic acids is 1. The molecule has 26 heavy (non-hydrogen) atoms. The number of methoxy groups -OCH3 is 1. The SMILES string of the molecule is COCCCNC(=O)CCSCc1nc2sc3c(c2c(=O)[nH]1)CCCC3. The first-order chi connectivity index (χ1) is 12.7. The highest BCUT2D eigenvalue weighted by Crippen LogP contribution is 2.33. The molecule has 142 valence electrons. The second kappa shape index (κ2) is 9.53. The smallest absolute Gasteiger partial charge is 0.259 e. The van der Waals surface area contributed by atoms with Crippen LogP contribution >= 0.6 is 23.1 Å². The summed E-state index contributed by atoms with van der Waals surface area (Å²) in [6.45, 7) is 1.30. The maximum atomic E-state index is 12.5. The number of rotatable bonds is 9. The lowest BCUT2D eigenvalue weighted by atomic mass is 9.97. The summed E-state index contributed by atoms with van der Waals surface area (Å²) in [5, 5.41) is 3.67. The van der Waals surface area contributed by atoms with Crippen LogP contribution in [0, 0.1) is 0 Å². The molecule has 0 radical (unpaired) electrons. The van der Waals surface area contributed by atoms with Crippen LogP contribution in [-0.2, 0) is 28.1 Å². The lowest BCUT2D eigenvalue weighted by molar-refractivity contribution is -0.120. The summed E-state index contributed by atoms with van der Waals surface area (Å²) < 4.78 is 4.95. The molecule has 0 atom stereocenters. The Balaban J connectivity index is 1.50. The van der Waals surface area contributed by atoms with E-state index in [0.717, 1.165) is 35.9 Å². The zero-order valence-electron chi connectivity index (χ0n) is 15.1. The van der Waals surface area contributed by atoms with E-state index in [1.807, 2.05) is 0 Å². The number of aromatic nitrogens is 2. The molecule has 3 rings (SSSR count). The van der Waals surface area contributed by atoms with Gasteiger partial charge in [0, 0.05) is 37.3 Å². The maximum absolute atomic E-state index is 12.5. The van der Waals surface area contributed by atoms with Crippen molar-refractivity contribution >= 4 is 39.2 Å². The number of fused-ring (bicyclic) bond motifs is 3. The minimum atomic E-state index is -0.0131. The Morgan fingerprint density at radius 2 is 2.23 bits per heavy atom. The van der Waals surface area contributed by atoms with E-state index in [2.05, 4.69) is 15.3 Å². The topological polar surface area (TPSA) is 84.1 Å². The van der Waals surface area contributed by atoms with Gasteiger partial charge in [-0.2, -0.15) is 11.8 Å². The van der Waals surface area contributed by atoms with Gasteiger partial charge >= 0.3 is 0 Å². The molecule has 1 aliphatic rings. The zero-order chi connectivity index (χ0) is 18.4. The van der Waals surface area contributed by atoms with Crippen molar-refractivity contribution in [2.24, 2.45) is 0 Å². The van der Waals surface area contributed by atoms with Gasteiger partial charge in [-0.1, -0.05) is 0 Å². The number of aromatic amines is 1. The van der Waals surface area contributed by atoms with Crippen molar-refractivity contribution in [3.05, 3.63) is 26.6 Å². The first-order valence-electron chi connectivity index (χ1n) is 9.06. The Bertz CT molecular complexity index is 816. The highest BCUT2D eigenvalue weighted by Gasteiger charge is 2.19. The Labute approximate surface area is 161 Å². The van der Waals surface area contributed by atoms with Crippen LogP contribution in [0.15, 0.2) is 4.79 Å². The molecule has 2 aromatic rings. The van der Waals surface area contributed by atoms with Gasteiger partial charge in [-0.25, -0.2) is 4.98 Å². The second-order valence-electron chi connectivity index (χ2n) is 6.40. The third kappa shape index (κ3) is 4.86. The monoisotopic (exact) mass is 395 g/mol. The van der Waals surface area contributed by atoms with Crippen molar-refractivity contribution < 1.29 is 9.53 Å². The van der Waals surface area contributed by atoms with Gasteiger partial charge in [0.05, 0.1) is 11.1 Å². The van der Waals surface area contributed by atoms with E-state index in [1.165, 1.54) is 16.9 Å². The van der Waals surface area contributed by atoms with Crippen molar-refractivity contribution in [2.75, 3.05) is 26.0 Å². The molecule has 0 aromatic carbocycles. The molecule has 1 aliphatic carbocycles. The van der Waals surface area contributed by atoms with Gasteiger partial charge < -0.3 is 15.0 Å². The summed E-state index contributed by atoms with van der Waals surface area (Å²) in [4.78, 5) is 34.0. The van der Waals surface area contributed by atoms with Crippen molar-refractivity contribution in [1.29, 1.82) is 0 Å². The summed E-state index contributed by atoms with van der Waals surface area (Å²) in [6.07, 6.45) is 5.72. The van der Waals surface area contributed by atoms with Gasteiger partial charge in [0.15, 0.2) is 0 Å². The van der Waals surface area contributed by atoms with Crippen LogP contribution in [0.3, 0.4) is 0 Å². The molecule has 2 N–H and O–H groups in total. The fraction of sp³-hybridized carbons (Fsp3) is 0.611. The predicted octanol–water partition coefficient (Wildman–Crippen LogP) is 2.64. The molecule has 0 fully saturated rings. The highest BCUT2D eigenvalue weighted by molar-refractivity contribution is 7.98. The largest absolute Gasteiger partial charge is 0.385 e. The van der Waals surface area contributed by atoms with Crippen LogP contribution in [0.4, 0.5) is 0 Å². The number of hydrogen-bond donors (Lipinski definition) is 2. The van der Waals surface area contributed by atoms with Crippen LogP contribution in [0.2, 0.25) is 0 Å². The number of nitrogens with zero attached hydrogens (tertiary/aromatic N) is 1. The molecule has 1 amide bonds. The average molecular weight is 396 g/mol. The molecule has 0 bridgehead atoms. The predicted molar refractivity (Wildman–Crippen MR) is 107 cm³/mol. The van der Waals surface area contributed by atoms with E-state index in [9.17, 15) is 9.59 Å². The van der Waals surface area contributed by atoms with E-state index in [1.54, 1.807) is 30.2 Å². The Morgan fingerprint density at radius 1 is 1.38 bits per heavy atom. The molecule has 0 spiro atoms. The van der Waals surface area contributed by atoms with Crippen molar-refractivity contribution in [3.63, 3.8) is 0 Å². The number of hydrogen-bond acceptors (Lipinski definition) is 6. The number of carbonyl (C=O) groups is 1. The van der Waals surface area contributed by atoms with Crippen molar-refractivity contribution in [1.82, 2.24) is 15.3 Å². The lowest BCUT2D eigenvalue weighted by Crippen LogP contribution is -2.25. The minimum absolute atomic E-state index is 0.0131. The number of H-pyrrole nitrogens is 1. The van der Waals surface area contributed by atoms with Gasteiger partial charge in [0.1, 0.15) is 10.7 Å². The number of thioether (sulfide) groups is 1. The number of amides is 1. The molecule has 0 saturated carbocycles. The summed E-state index contributed by atoms with van der Waals surface area (Å²) in [7, 11) is 1.65. The molecule has 6 nitrogen and oxygen atoms in total. The first kappa shape index (κ1) is 19.4. The van der Waals surface area contributed by atoms with E-state index < -0.39 is 0 Å². The standard InChI is InChI=1S/C18H25N3O3S2/c1-24-9-4-8-19-15(22)7-10-25-11-14-20-17(23)16-12-5-2-3-6-13(12)26-18(16)21-14/h2-11H2,1H3,(H,19,22)(H,20,21,23). The highest BCUT2D eigenvalue weighted by atomic mass is 32.2. The molecule has 8 heteroatoms. The summed E-state index contributed by atoms with van der Waals surface area (Å²) in [6, 6.07) is 0. The minimum Gasteiger partial charge on any atom is -0.385 e. The van der Waals surface area contributed by atoms with Gasteiger partial charge in [0.2, 0.25) is 5.91 Å². The van der Waals surface area contributed by atoms with Crippen LogP contribution in [0.25, 0.3) is 10.2 Å². The average Bonchev–Trinajstić information content (AvgIpc) is 3.01. The first-order valence-corrected chi connectivity index (χ1v) is 11.0. The lowest BCUT2D eigenvalue weighted by Gasteiger charge is -2.09. The van der Waals surface area contributed by atoms with Crippen LogP contribution in [-0.4, -0.2) is 41.9 Å². The maximum Gasteiger partial charge on any atom is 0.259 e. The summed E-state index contributed by atoms with van der Waals surface area (Å²) in [5.74, 6) is 2.08. The molecule has 0 saturated heterocycles. The van der Waals surface area contributed by atoms with Crippen LogP contribution in [0.5, 0.6) is 0 Å². The Morgan fingerprint density at radius 3 is 3.08 bits per heavy atom. The molecule has 2 heterocycles. The zero-order valence-corrected chi connectivity index (χ0v) is 16.7. The van der Waals surface area contributed by atoms with Gasteiger partial charge in [-0.05, 0) is 37.7 Å². The fourth-order valence-corrected chi connectivity index (χ4v) is 5.23. The summed E-state index contributed by atoms with van der Waals surface area (Å²) in [5.41, 5.74) is 1.20. The number of ether oxygens (including phenoxy) is 1. The third-order valence-electron chi connectivity index (χ3n) is 4.43. The normalized spacial score (nSPS) is 13.7. The second-order valence-corrected chi connectivity index (χ2v) is 8.59. The van der Waals surface area contributed by atoms with Crippen molar-refractivity contribution in [3.8, 4) is 0 Å². The number of thiophene rings is 1. The van der Waals surface area contributed by atoms with E-state index in [0.29, 0.717) is 36.9 Å². The summed E-state index contributed by atoms with van der Waals surface area (Å²) >= 11 is 3.29. The number of nitrogens with one attached hydrogen (secondary N) is 2. The molecular weight excluding hydrogens is 370 g/mol. The van der Waals surface area contributed by atoms with Crippen LogP contribution < -0.4 is 10.9 Å². The van der Waals surface area contributed by atoms with Gasteiger partial charge in [-0.15, -0.1) is 11.3 Å². The molecule has 0 aliphatic heterocycles. The van der Waals surface area contributed by atoms with Crippen LogP contribution in [0.1, 0.15) is 41.9 Å². The Hall–Kier alpha value is -1.38. The fourth-order valence-electron chi connectivity index (χ4n) is 3.14. The third-order valence-corrected chi connectivity index (χ3v) is 6.59. The van der Waals surface area contributed by atoms with Crippen molar-refractivity contribution in [2.45, 2.75) is 44.3 Å². The molecule has 0 unspecified atom stereocenters. The van der Waals surface area contributed by atoms with Gasteiger partial charge in [-0.3, -0.25) is 9.59 Å². The van der Waals surface area contributed by atoms with E-state index in [-0.39, 0.29) is 11.5 Å². The number of aryl methyl sites for hydroxylation is 2. The van der Waals surface area contributed by atoms with Gasteiger partial charge in [0.25, 0.3) is 5.56 Å². The molecule has 2 aromatic heterocycles. The van der Waals surface area contributed by atoms with E-state index in [4.69, 9.17) is 4.74 Å². The van der Waals surface area contributed by atoms with E-state index >= 15 is 0 Å². The molecular formula is C18H25N3O3S2.